The maximum absolute atomic E-state index is 12.5. The Kier molecular flexibility index (Phi) is 5.16. The summed E-state index contributed by atoms with van der Waals surface area (Å²) < 4.78 is 5.99. The van der Waals surface area contributed by atoms with E-state index >= 15 is 0 Å². The zero-order chi connectivity index (χ0) is 16.9. The molecular weight excluding hydrogens is 300 g/mol. The maximum atomic E-state index is 12.5. The van der Waals surface area contributed by atoms with Crippen molar-refractivity contribution in [2.45, 2.75) is 19.9 Å². The molecule has 0 aromatic heterocycles. The summed E-state index contributed by atoms with van der Waals surface area (Å²) in [6, 6.07) is 17.4. The molecule has 2 aromatic carbocycles. The Hall–Kier alpha value is -2.33. The summed E-state index contributed by atoms with van der Waals surface area (Å²) in [5, 5.41) is 6.34. The van der Waals surface area contributed by atoms with Crippen LogP contribution in [0, 0.1) is 11.8 Å². The molecule has 0 aliphatic carbocycles. The van der Waals surface area contributed by atoms with E-state index in [1.54, 1.807) is 0 Å². The molecule has 2 atom stereocenters. The monoisotopic (exact) mass is 324 g/mol. The molecule has 0 saturated carbocycles. The van der Waals surface area contributed by atoms with Crippen molar-refractivity contribution >= 4 is 5.91 Å². The molecule has 1 fully saturated rings. The molecule has 1 amide bonds. The van der Waals surface area contributed by atoms with Gasteiger partial charge in [0.25, 0.3) is 0 Å². The number of para-hydroxylation sites is 2. The van der Waals surface area contributed by atoms with Gasteiger partial charge in [0.05, 0.1) is 6.04 Å². The van der Waals surface area contributed by atoms with Gasteiger partial charge in [-0.05, 0) is 44.1 Å². The number of ether oxygens (including phenoxy) is 1. The zero-order valence-electron chi connectivity index (χ0n) is 14.2. The summed E-state index contributed by atoms with van der Waals surface area (Å²) in [5.41, 5.74) is 0.980. The van der Waals surface area contributed by atoms with Crippen LogP contribution in [-0.4, -0.2) is 19.0 Å². The van der Waals surface area contributed by atoms with E-state index in [1.807, 2.05) is 68.4 Å². The van der Waals surface area contributed by atoms with Gasteiger partial charge in [-0.1, -0.05) is 43.3 Å². The smallest absolute Gasteiger partial charge is 0.223 e. The highest BCUT2D eigenvalue weighted by Crippen LogP contribution is 2.29. The Labute approximate surface area is 143 Å². The van der Waals surface area contributed by atoms with Gasteiger partial charge in [0.1, 0.15) is 11.5 Å². The second-order valence-corrected chi connectivity index (χ2v) is 6.39. The van der Waals surface area contributed by atoms with E-state index in [1.165, 1.54) is 0 Å². The summed E-state index contributed by atoms with van der Waals surface area (Å²) in [6.45, 7) is 5.85. The minimum atomic E-state index is -0.104. The Morgan fingerprint density at radius 1 is 1.08 bits per heavy atom. The molecule has 0 radical (unpaired) electrons. The highest BCUT2D eigenvalue weighted by atomic mass is 16.5. The maximum Gasteiger partial charge on any atom is 0.223 e. The topological polar surface area (TPSA) is 50.4 Å². The summed E-state index contributed by atoms with van der Waals surface area (Å²) in [4.78, 5) is 12.5. The molecule has 1 heterocycles. The van der Waals surface area contributed by atoms with Crippen molar-refractivity contribution in [2.24, 2.45) is 11.8 Å². The molecule has 24 heavy (non-hydrogen) atoms. The molecule has 126 valence electrons. The zero-order valence-corrected chi connectivity index (χ0v) is 14.2. The van der Waals surface area contributed by atoms with Gasteiger partial charge in [0.2, 0.25) is 5.91 Å². The summed E-state index contributed by atoms with van der Waals surface area (Å²) in [7, 11) is 0. The third-order valence-electron chi connectivity index (χ3n) is 4.65. The van der Waals surface area contributed by atoms with Crippen LogP contribution in [0.2, 0.25) is 0 Å². The van der Waals surface area contributed by atoms with E-state index in [4.69, 9.17) is 4.74 Å². The molecule has 2 unspecified atom stereocenters. The first kappa shape index (κ1) is 16.5. The van der Waals surface area contributed by atoms with Gasteiger partial charge >= 0.3 is 0 Å². The first-order valence-corrected chi connectivity index (χ1v) is 8.48. The van der Waals surface area contributed by atoms with Crippen molar-refractivity contribution in [1.82, 2.24) is 10.6 Å². The predicted molar refractivity (Wildman–Crippen MR) is 95.0 cm³/mol. The van der Waals surface area contributed by atoms with E-state index in [2.05, 4.69) is 10.6 Å². The van der Waals surface area contributed by atoms with E-state index in [9.17, 15) is 4.79 Å². The lowest BCUT2D eigenvalue weighted by Crippen LogP contribution is -2.49. The highest BCUT2D eigenvalue weighted by Gasteiger charge is 2.29. The van der Waals surface area contributed by atoms with Crippen LogP contribution >= 0.6 is 0 Å². The number of nitrogens with one attached hydrogen (secondary N) is 2. The minimum absolute atomic E-state index is 0.0240. The Morgan fingerprint density at radius 2 is 1.75 bits per heavy atom. The van der Waals surface area contributed by atoms with Gasteiger partial charge in [-0.15, -0.1) is 0 Å². The lowest BCUT2D eigenvalue weighted by Gasteiger charge is -2.32. The number of hydrogen-bond acceptors (Lipinski definition) is 3. The van der Waals surface area contributed by atoms with E-state index in [0.717, 1.165) is 30.2 Å². The average molecular weight is 324 g/mol. The minimum Gasteiger partial charge on any atom is -0.457 e. The SMILES string of the molecule is CC(NC(=O)C(C)C1CNC1)c1ccccc1Oc1ccccc1. The van der Waals surface area contributed by atoms with Gasteiger partial charge in [0.15, 0.2) is 0 Å². The lowest BCUT2D eigenvalue weighted by molar-refractivity contribution is -0.127. The molecular formula is C20H24N2O2. The third-order valence-corrected chi connectivity index (χ3v) is 4.65. The average Bonchev–Trinajstić information content (AvgIpc) is 2.54. The van der Waals surface area contributed by atoms with Crippen molar-refractivity contribution in [3.05, 3.63) is 60.2 Å². The third kappa shape index (κ3) is 3.77. The van der Waals surface area contributed by atoms with Gasteiger partial charge < -0.3 is 15.4 Å². The molecule has 0 spiro atoms. The van der Waals surface area contributed by atoms with Crippen LogP contribution in [0.1, 0.15) is 25.5 Å². The van der Waals surface area contributed by atoms with Crippen molar-refractivity contribution in [3.63, 3.8) is 0 Å². The summed E-state index contributed by atoms with van der Waals surface area (Å²) in [5.74, 6) is 2.12. The highest BCUT2D eigenvalue weighted by molar-refractivity contribution is 5.79. The lowest BCUT2D eigenvalue weighted by atomic mass is 9.88. The van der Waals surface area contributed by atoms with Crippen molar-refractivity contribution in [3.8, 4) is 11.5 Å². The largest absolute Gasteiger partial charge is 0.457 e. The number of amides is 1. The van der Waals surface area contributed by atoms with E-state index < -0.39 is 0 Å². The Balaban J connectivity index is 1.70. The summed E-state index contributed by atoms with van der Waals surface area (Å²) in [6.07, 6.45) is 0. The van der Waals surface area contributed by atoms with Crippen LogP contribution in [0.4, 0.5) is 0 Å². The predicted octanol–water partition coefficient (Wildman–Crippen LogP) is 3.51. The van der Waals surface area contributed by atoms with Crippen LogP contribution in [0.25, 0.3) is 0 Å². The van der Waals surface area contributed by atoms with Crippen LogP contribution < -0.4 is 15.4 Å². The number of rotatable bonds is 6. The Bertz CT molecular complexity index is 683. The fourth-order valence-corrected chi connectivity index (χ4v) is 2.85. The van der Waals surface area contributed by atoms with Crippen molar-refractivity contribution in [2.75, 3.05) is 13.1 Å². The molecule has 2 aromatic rings. The number of benzene rings is 2. The van der Waals surface area contributed by atoms with Crippen molar-refractivity contribution < 1.29 is 9.53 Å². The van der Waals surface area contributed by atoms with Gasteiger partial charge in [0, 0.05) is 11.5 Å². The Morgan fingerprint density at radius 3 is 2.42 bits per heavy atom. The molecule has 2 N–H and O–H groups in total. The van der Waals surface area contributed by atoms with Gasteiger partial charge in [-0.3, -0.25) is 4.79 Å². The molecule has 0 bridgehead atoms. The van der Waals surface area contributed by atoms with Gasteiger partial charge in [-0.2, -0.15) is 0 Å². The first-order chi connectivity index (χ1) is 11.6. The standard InChI is InChI=1S/C20H24N2O2/c1-14(16-12-21-13-16)20(23)22-15(2)18-10-6-7-11-19(18)24-17-8-4-3-5-9-17/h3-11,14-16,21H,12-13H2,1-2H3,(H,22,23). The molecule has 4 nitrogen and oxygen atoms in total. The summed E-state index contributed by atoms with van der Waals surface area (Å²) >= 11 is 0. The van der Waals surface area contributed by atoms with Crippen LogP contribution in [0.5, 0.6) is 11.5 Å². The van der Waals surface area contributed by atoms with Crippen LogP contribution in [0.3, 0.4) is 0 Å². The van der Waals surface area contributed by atoms with Crippen LogP contribution in [0.15, 0.2) is 54.6 Å². The fraction of sp³-hybridized carbons (Fsp3) is 0.350. The first-order valence-electron chi connectivity index (χ1n) is 8.48. The second-order valence-electron chi connectivity index (χ2n) is 6.39. The normalized spacial score (nSPS) is 16.8. The second kappa shape index (κ2) is 7.49. The van der Waals surface area contributed by atoms with Gasteiger partial charge in [-0.25, -0.2) is 0 Å². The molecule has 1 aliphatic heterocycles. The fourth-order valence-electron chi connectivity index (χ4n) is 2.85. The quantitative estimate of drug-likeness (QED) is 0.855. The molecule has 3 rings (SSSR count). The number of carbonyl (C=O) groups excluding carboxylic acids is 1. The van der Waals surface area contributed by atoms with Crippen molar-refractivity contribution in [1.29, 1.82) is 0 Å². The van der Waals surface area contributed by atoms with E-state index in [-0.39, 0.29) is 17.9 Å². The number of hydrogen-bond donors (Lipinski definition) is 2. The van der Waals surface area contributed by atoms with E-state index in [0.29, 0.717) is 5.92 Å². The molecule has 4 heteroatoms. The van der Waals surface area contributed by atoms with Crippen LogP contribution in [-0.2, 0) is 4.79 Å². The number of carbonyl (C=O) groups is 1. The molecule has 1 saturated heterocycles. The molecule has 1 aliphatic rings.